The van der Waals surface area contributed by atoms with Gasteiger partial charge >= 0.3 is 11.9 Å². The number of aliphatic carboxylic acids is 1. The Morgan fingerprint density at radius 3 is 2.05 bits per heavy atom. The van der Waals surface area contributed by atoms with Crippen LogP contribution in [0.2, 0.25) is 0 Å². The number of amides is 1. The van der Waals surface area contributed by atoms with Crippen LogP contribution >= 0.6 is 0 Å². The molecule has 0 unspecified atom stereocenters. The van der Waals surface area contributed by atoms with Gasteiger partial charge in [-0.1, -0.05) is 39.0 Å². The Morgan fingerprint density at radius 2 is 1.59 bits per heavy atom. The van der Waals surface area contributed by atoms with Crippen LogP contribution in [0.1, 0.15) is 112 Å². The number of aliphatic hydroxyl groups excluding tert-OH is 1. The maximum Gasteiger partial charge on any atom is 0.326 e. The summed E-state index contributed by atoms with van der Waals surface area (Å²) in [4.78, 5) is 38.5. The van der Waals surface area contributed by atoms with Crippen molar-refractivity contribution in [1.82, 2.24) is 10.2 Å². The molecule has 0 aromatic heterocycles. The average Bonchev–Trinajstić information content (AvgIpc) is 3.44. The number of carboxylic acids is 1. The van der Waals surface area contributed by atoms with Gasteiger partial charge in [-0.05, 0) is 79.1 Å². The SMILES string of the molecule is CC(C)(C)N.CCC[C@H](N[C@@H](C)C(=O)N1[C@H](C(=O)O)C[C@@H]2CCCC[C@@H]21)C(=O)OCC.OC1CCCC1. The van der Waals surface area contributed by atoms with Crippen molar-refractivity contribution in [1.29, 1.82) is 0 Å². The lowest BCUT2D eigenvalue weighted by atomic mass is 9.84. The van der Waals surface area contributed by atoms with Gasteiger partial charge in [-0.3, -0.25) is 14.9 Å². The highest BCUT2D eigenvalue weighted by Crippen LogP contribution is 2.40. The van der Waals surface area contributed by atoms with Gasteiger partial charge in [-0.2, -0.15) is 0 Å². The smallest absolute Gasteiger partial charge is 0.326 e. The molecule has 0 bridgehead atoms. The number of rotatable bonds is 8. The molecule has 2 saturated carbocycles. The Bertz CT molecular complexity index is 699. The number of fused-ring (bicyclic) bond motifs is 1. The van der Waals surface area contributed by atoms with Gasteiger partial charge in [-0.15, -0.1) is 0 Å². The number of carboxylic acid groups (broad SMARTS) is 1. The van der Waals surface area contributed by atoms with Crippen LogP contribution in [0.5, 0.6) is 0 Å². The standard InChI is InChI=1S/C19H32N2O5.C5H10O.C4H11N/c1-4-8-14(19(25)26-5-2)20-12(3)17(22)21-15-10-7-6-9-13(15)11-16(21)18(23)24;6-5-3-1-2-4-5;1-4(2,3)5/h12-16,20H,4-11H2,1-3H3,(H,23,24);5-6H,1-4H2;5H2,1-3H3/t12-,13-,14-,15-,16-;;/m0../s1. The zero-order valence-electron chi connectivity index (χ0n) is 24.0. The first-order valence-electron chi connectivity index (χ1n) is 14.2. The second kappa shape index (κ2) is 16.3. The molecule has 1 saturated heterocycles. The summed E-state index contributed by atoms with van der Waals surface area (Å²) in [7, 11) is 0. The van der Waals surface area contributed by atoms with Crippen LogP contribution in [0.4, 0.5) is 0 Å². The van der Waals surface area contributed by atoms with Crippen molar-refractivity contribution in [3.8, 4) is 0 Å². The molecule has 3 rings (SSSR count). The summed E-state index contributed by atoms with van der Waals surface area (Å²) < 4.78 is 5.09. The number of hydrogen-bond acceptors (Lipinski definition) is 7. The highest BCUT2D eigenvalue weighted by Gasteiger charge is 2.48. The van der Waals surface area contributed by atoms with Crippen LogP contribution < -0.4 is 11.1 Å². The predicted octanol–water partition coefficient (Wildman–Crippen LogP) is 3.61. The second-order valence-corrected chi connectivity index (χ2v) is 11.7. The summed E-state index contributed by atoms with van der Waals surface area (Å²) in [5.41, 5.74) is 5.35. The number of hydrogen-bond donors (Lipinski definition) is 4. The number of aliphatic hydroxyl groups is 1. The van der Waals surface area contributed by atoms with Crippen molar-refractivity contribution >= 4 is 17.8 Å². The molecule has 0 aromatic rings. The third kappa shape index (κ3) is 12.1. The van der Waals surface area contributed by atoms with E-state index in [1.54, 1.807) is 18.7 Å². The molecule has 1 aliphatic heterocycles. The van der Waals surface area contributed by atoms with E-state index in [4.69, 9.17) is 15.6 Å². The van der Waals surface area contributed by atoms with Gasteiger partial charge in [0, 0.05) is 11.6 Å². The molecule has 3 fully saturated rings. The fourth-order valence-electron chi connectivity index (χ4n) is 5.30. The summed E-state index contributed by atoms with van der Waals surface area (Å²) in [6, 6.07) is -1.92. The van der Waals surface area contributed by atoms with E-state index < -0.39 is 24.1 Å². The van der Waals surface area contributed by atoms with Crippen LogP contribution in [0.25, 0.3) is 0 Å². The van der Waals surface area contributed by atoms with Gasteiger partial charge in [0.1, 0.15) is 12.1 Å². The Morgan fingerprint density at radius 1 is 1.05 bits per heavy atom. The summed E-state index contributed by atoms with van der Waals surface area (Å²) in [6.07, 6.45) is 10.5. The number of esters is 1. The van der Waals surface area contributed by atoms with E-state index in [1.807, 2.05) is 27.7 Å². The molecule has 0 radical (unpaired) electrons. The van der Waals surface area contributed by atoms with Crippen LogP contribution in [-0.2, 0) is 19.1 Å². The largest absolute Gasteiger partial charge is 0.480 e. The quantitative estimate of drug-likeness (QED) is 0.351. The molecule has 3 aliphatic rings. The molecule has 5 atom stereocenters. The molecule has 9 heteroatoms. The van der Waals surface area contributed by atoms with Crippen molar-refractivity contribution in [2.45, 2.75) is 148 Å². The van der Waals surface area contributed by atoms with Crippen molar-refractivity contribution in [3.05, 3.63) is 0 Å². The first-order valence-corrected chi connectivity index (χ1v) is 14.2. The van der Waals surface area contributed by atoms with Gasteiger partial charge in [0.15, 0.2) is 0 Å². The van der Waals surface area contributed by atoms with Gasteiger partial charge in [0.2, 0.25) is 5.91 Å². The Hall–Kier alpha value is -1.71. The zero-order chi connectivity index (χ0) is 28.2. The van der Waals surface area contributed by atoms with E-state index in [1.165, 1.54) is 12.8 Å². The van der Waals surface area contributed by atoms with Crippen molar-refractivity contribution < 1.29 is 29.3 Å². The van der Waals surface area contributed by atoms with E-state index >= 15 is 0 Å². The fourth-order valence-corrected chi connectivity index (χ4v) is 5.30. The molecule has 5 N–H and O–H groups in total. The highest BCUT2D eigenvalue weighted by atomic mass is 16.5. The number of carbonyl (C=O) groups excluding carboxylic acids is 2. The molecule has 9 nitrogen and oxygen atoms in total. The van der Waals surface area contributed by atoms with E-state index in [0.29, 0.717) is 19.4 Å². The predicted molar refractivity (Wildman–Crippen MR) is 145 cm³/mol. The van der Waals surface area contributed by atoms with E-state index in [-0.39, 0.29) is 35.5 Å². The zero-order valence-corrected chi connectivity index (χ0v) is 24.0. The van der Waals surface area contributed by atoms with E-state index in [9.17, 15) is 19.5 Å². The number of nitrogens with zero attached hydrogens (tertiary/aromatic N) is 1. The molecule has 0 spiro atoms. The first-order chi connectivity index (χ1) is 17.3. The van der Waals surface area contributed by atoms with Crippen LogP contribution in [-0.4, -0.2) is 75.4 Å². The molecule has 37 heavy (non-hydrogen) atoms. The summed E-state index contributed by atoms with van der Waals surface area (Å²) in [5, 5.41) is 21.4. The normalized spacial score (nSPS) is 25.1. The number of likely N-dealkylation sites (tertiary alicyclic amines) is 1. The fraction of sp³-hybridized carbons (Fsp3) is 0.893. The summed E-state index contributed by atoms with van der Waals surface area (Å²) >= 11 is 0. The Balaban J connectivity index is 0.000000513. The Labute approximate surface area is 223 Å². The molecule has 216 valence electrons. The topological polar surface area (TPSA) is 142 Å². The number of ether oxygens (including phenoxy) is 1. The van der Waals surface area contributed by atoms with Crippen molar-refractivity contribution in [3.63, 3.8) is 0 Å². The highest BCUT2D eigenvalue weighted by molar-refractivity contribution is 5.88. The molecule has 0 aromatic carbocycles. The van der Waals surface area contributed by atoms with Crippen molar-refractivity contribution in [2.24, 2.45) is 11.7 Å². The number of nitrogens with two attached hydrogens (primary N) is 1. The molecule has 1 amide bonds. The lowest BCUT2D eigenvalue weighted by Crippen LogP contribution is -2.55. The maximum atomic E-state index is 13.1. The van der Waals surface area contributed by atoms with Crippen LogP contribution in [0.3, 0.4) is 0 Å². The third-order valence-electron chi connectivity index (χ3n) is 6.92. The van der Waals surface area contributed by atoms with E-state index in [2.05, 4.69) is 5.32 Å². The minimum atomic E-state index is -0.935. The minimum Gasteiger partial charge on any atom is -0.480 e. The van der Waals surface area contributed by atoms with Gasteiger partial charge in [0.05, 0.1) is 18.8 Å². The van der Waals surface area contributed by atoms with Gasteiger partial charge in [-0.25, -0.2) is 4.79 Å². The van der Waals surface area contributed by atoms with Crippen molar-refractivity contribution in [2.75, 3.05) is 6.61 Å². The monoisotopic (exact) mass is 527 g/mol. The molecular weight excluding hydrogens is 474 g/mol. The lowest BCUT2D eigenvalue weighted by molar-refractivity contribution is -0.152. The first kappa shape index (κ1) is 33.3. The van der Waals surface area contributed by atoms with Crippen LogP contribution in [0, 0.1) is 5.92 Å². The summed E-state index contributed by atoms with van der Waals surface area (Å²) in [5.74, 6) is -1.24. The van der Waals surface area contributed by atoms with E-state index in [0.717, 1.165) is 44.9 Å². The Kier molecular flexibility index (Phi) is 14.7. The minimum absolute atomic E-state index is 0. The second-order valence-electron chi connectivity index (χ2n) is 11.7. The molecular formula is C28H53N3O6. The van der Waals surface area contributed by atoms with Gasteiger partial charge < -0.3 is 25.6 Å². The third-order valence-corrected chi connectivity index (χ3v) is 6.92. The maximum absolute atomic E-state index is 13.1. The number of nitrogens with one attached hydrogen (secondary N) is 1. The number of carbonyl (C=O) groups is 3. The van der Waals surface area contributed by atoms with Gasteiger partial charge in [0.25, 0.3) is 0 Å². The average molecular weight is 528 g/mol. The lowest BCUT2D eigenvalue weighted by Gasteiger charge is -2.35. The molecule has 2 aliphatic carbocycles. The summed E-state index contributed by atoms with van der Waals surface area (Å²) in [6.45, 7) is 11.6. The van der Waals surface area contributed by atoms with Crippen LogP contribution in [0.15, 0.2) is 0 Å². The molecule has 1 heterocycles.